The predicted octanol–water partition coefficient (Wildman–Crippen LogP) is 6.57. The van der Waals surface area contributed by atoms with Gasteiger partial charge in [0.2, 0.25) is 0 Å². The fraction of sp³-hybridized carbons (Fsp3) is 0.727. The minimum atomic E-state index is -1.72. The van der Waals surface area contributed by atoms with Gasteiger partial charge in [-0.05, 0) is 54.5 Å². The molecule has 1 aromatic carbocycles. The van der Waals surface area contributed by atoms with Crippen molar-refractivity contribution in [1.82, 2.24) is 0 Å². The van der Waals surface area contributed by atoms with Crippen LogP contribution in [0.15, 0.2) is 30.3 Å². The smallest absolute Gasteiger partial charge is 0.192 e. The second-order valence-electron chi connectivity index (χ2n) is 9.50. The van der Waals surface area contributed by atoms with Gasteiger partial charge in [-0.15, -0.1) is 23.5 Å². The van der Waals surface area contributed by atoms with Crippen molar-refractivity contribution in [2.75, 3.05) is 18.1 Å². The highest BCUT2D eigenvalue weighted by molar-refractivity contribution is 8.18. The summed E-state index contributed by atoms with van der Waals surface area (Å²) in [6, 6.07) is 10.5. The lowest BCUT2D eigenvalue weighted by Gasteiger charge is -2.39. The van der Waals surface area contributed by atoms with Crippen LogP contribution in [0.5, 0.6) is 0 Å². The molecule has 0 radical (unpaired) electrons. The molecule has 2 fully saturated rings. The second-order valence-corrected chi connectivity index (χ2v) is 17.4. The van der Waals surface area contributed by atoms with E-state index in [1.165, 1.54) is 29.9 Å². The molecule has 1 saturated carbocycles. The Morgan fingerprint density at radius 3 is 2.41 bits per heavy atom. The first-order chi connectivity index (χ1) is 12.7. The van der Waals surface area contributed by atoms with E-state index in [0.29, 0.717) is 16.1 Å². The van der Waals surface area contributed by atoms with Crippen LogP contribution < -0.4 is 0 Å². The SMILES string of the molecule is CC(C)(C)[Si](C)(C)O[C@@H]1C[C@@H](COCc2ccccc2)C2(C1)SCCCS2. The van der Waals surface area contributed by atoms with E-state index in [2.05, 4.69) is 87.7 Å². The molecule has 1 saturated heterocycles. The van der Waals surface area contributed by atoms with Gasteiger partial charge in [0.15, 0.2) is 8.32 Å². The van der Waals surface area contributed by atoms with E-state index in [1.807, 2.05) is 0 Å². The summed E-state index contributed by atoms with van der Waals surface area (Å²) in [5.41, 5.74) is 1.27. The summed E-state index contributed by atoms with van der Waals surface area (Å²) >= 11 is 4.37. The Hall–Kier alpha value is 0.0569. The van der Waals surface area contributed by atoms with Crippen LogP contribution in [0.4, 0.5) is 0 Å². The summed E-state index contributed by atoms with van der Waals surface area (Å²) in [4.78, 5) is 0. The van der Waals surface area contributed by atoms with Crippen LogP contribution in [0.3, 0.4) is 0 Å². The van der Waals surface area contributed by atoms with Crippen molar-refractivity contribution in [2.45, 2.75) is 75.0 Å². The maximum atomic E-state index is 6.84. The largest absolute Gasteiger partial charge is 0.414 e. The molecule has 0 unspecified atom stereocenters. The molecule has 2 nitrogen and oxygen atoms in total. The van der Waals surface area contributed by atoms with Gasteiger partial charge in [-0.2, -0.15) is 0 Å². The first-order valence-corrected chi connectivity index (χ1v) is 15.2. The fourth-order valence-electron chi connectivity index (χ4n) is 3.78. The number of ether oxygens (including phenoxy) is 1. The van der Waals surface area contributed by atoms with Crippen LogP contribution in [-0.4, -0.2) is 36.6 Å². The van der Waals surface area contributed by atoms with Gasteiger partial charge in [0.25, 0.3) is 0 Å². The third-order valence-electron chi connectivity index (χ3n) is 6.36. The van der Waals surface area contributed by atoms with E-state index in [1.54, 1.807) is 0 Å². The molecule has 5 heteroatoms. The molecule has 1 aliphatic carbocycles. The van der Waals surface area contributed by atoms with Gasteiger partial charge in [-0.1, -0.05) is 51.1 Å². The van der Waals surface area contributed by atoms with Crippen LogP contribution in [-0.2, 0) is 15.8 Å². The summed E-state index contributed by atoms with van der Waals surface area (Å²) in [6.45, 7) is 13.4. The first kappa shape index (κ1) is 21.8. The molecule has 1 aliphatic heterocycles. The number of hydrogen-bond donors (Lipinski definition) is 0. The van der Waals surface area contributed by atoms with E-state index < -0.39 is 8.32 Å². The van der Waals surface area contributed by atoms with Crippen molar-refractivity contribution in [3.05, 3.63) is 35.9 Å². The van der Waals surface area contributed by atoms with Crippen molar-refractivity contribution in [3.8, 4) is 0 Å². The first-order valence-electron chi connectivity index (χ1n) is 10.3. The molecule has 2 atom stereocenters. The van der Waals surface area contributed by atoms with Gasteiger partial charge in [0.05, 0.1) is 17.3 Å². The summed E-state index contributed by atoms with van der Waals surface area (Å²) in [6.07, 6.45) is 4.08. The molecule has 1 aromatic rings. The van der Waals surface area contributed by atoms with Crippen LogP contribution in [0.25, 0.3) is 0 Å². The van der Waals surface area contributed by atoms with Crippen molar-refractivity contribution in [3.63, 3.8) is 0 Å². The molecule has 0 aromatic heterocycles. The quantitative estimate of drug-likeness (QED) is 0.480. The summed E-state index contributed by atoms with van der Waals surface area (Å²) in [5.74, 6) is 3.16. The lowest BCUT2D eigenvalue weighted by atomic mass is 10.1. The van der Waals surface area contributed by atoms with Crippen molar-refractivity contribution >= 4 is 31.8 Å². The standard InChI is InChI=1S/C22H36O2S2Si/c1-21(2,3)27(4,5)24-20-14-19(22(15-20)25-12-9-13-26-22)17-23-16-18-10-7-6-8-11-18/h6-8,10-11,19-20H,9,12-17H2,1-5H3/t19-,20+/m0/s1. The molecule has 0 bridgehead atoms. The average Bonchev–Trinajstić information content (AvgIpc) is 2.91. The zero-order valence-corrected chi connectivity index (χ0v) is 20.3. The lowest BCUT2D eigenvalue weighted by Crippen LogP contribution is -2.43. The van der Waals surface area contributed by atoms with Gasteiger partial charge in [0, 0.05) is 12.0 Å². The Bertz CT molecular complexity index is 594. The van der Waals surface area contributed by atoms with E-state index in [9.17, 15) is 0 Å². The molecule has 0 N–H and O–H groups in total. The third kappa shape index (κ3) is 5.36. The maximum absolute atomic E-state index is 6.84. The minimum Gasteiger partial charge on any atom is -0.414 e. The highest BCUT2D eigenvalue weighted by atomic mass is 32.2. The van der Waals surface area contributed by atoms with E-state index in [0.717, 1.165) is 19.6 Å². The normalized spacial score (nSPS) is 25.8. The Labute approximate surface area is 175 Å². The van der Waals surface area contributed by atoms with Gasteiger partial charge >= 0.3 is 0 Å². The van der Waals surface area contributed by atoms with Crippen molar-refractivity contribution in [2.24, 2.45) is 5.92 Å². The van der Waals surface area contributed by atoms with Crippen LogP contribution >= 0.6 is 23.5 Å². The van der Waals surface area contributed by atoms with E-state index >= 15 is 0 Å². The molecule has 0 amide bonds. The molecule has 152 valence electrons. The molecular formula is C22H36O2S2Si. The molecule has 2 aliphatic rings. The Morgan fingerprint density at radius 2 is 1.78 bits per heavy atom. The van der Waals surface area contributed by atoms with Gasteiger partial charge in [0.1, 0.15) is 0 Å². The third-order valence-corrected chi connectivity index (χ3v) is 14.6. The van der Waals surface area contributed by atoms with Gasteiger partial charge < -0.3 is 9.16 Å². The summed E-state index contributed by atoms with van der Waals surface area (Å²) in [5, 5.41) is 0.273. The maximum Gasteiger partial charge on any atom is 0.192 e. The predicted molar refractivity (Wildman–Crippen MR) is 123 cm³/mol. The van der Waals surface area contributed by atoms with Crippen LogP contribution in [0, 0.1) is 5.92 Å². The molecule has 3 rings (SSSR count). The molecule has 1 spiro atoms. The molecule has 27 heavy (non-hydrogen) atoms. The number of hydrogen-bond acceptors (Lipinski definition) is 4. The van der Waals surface area contributed by atoms with Crippen molar-refractivity contribution < 1.29 is 9.16 Å². The molecular weight excluding hydrogens is 388 g/mol. The second kappa shape index (κ2) is 8.82. The zero-order valence-electron chi connectivity index (χ0n) is 17.6. The van der Waals surface area contributed by atoms with Crippen LogP contribution in [0.2, 0.25) is 18.1 Å². The van der Waals surface area contributed by atoms with Gasteiger partial charge in [-0.3, -0.25) is 0 Å². The Kier molecular flexibility index (Phi) is 7.11. The van der Waals surface area contributed by atoms with E-state index in [-0.39, 0.29) is 5.04 Å². The number of thioether (sulfide) groups is 2. The van der Waals surface area contributed by atoms with Crippen molar-refractivity contribution in [1.29, 1.82) is 0 Å². The number of benzene rings is 1. The van der Waals surface area contributed by atoms with Gasteiger partial charge in [-0.25, -0.2) is 0 Å². The Morgan fingerprint density at radius 1 is 1.11 bits per heavy atom. The zero-order chi connectivity index (χ0) is 19.5. The topological polar surface area (TPSA) is 18.5 Å². The summed E-state index contributed by atoms with van der Waals surface area (Å²) in [7, 11) is -1.72. The average molecular weight is 425 g/mol. The highest BCUT2D eigenvalue weighted by Gasteiger charge is 2.51. The molecule has 1 heterocycles. The summed E-state index contributed by atoms with van der Waals surface area (Å²) < 4.78 is 13.4. The Balaban J connectivity index is 1.63. The monoisotopic (exact) mass is 424 g/mol. The fourth-order valence-corrected chi connectivity index (χ4v) is 8.84. The number of rotatable bonds is 6. The minimum absolute atomic E-state index is 0.273. The highest BCUT2D eigenvalue weighted by Crippen LogP contribution is 2.57. The lowest BCUT2D eigenvalue weighted by molar-refractivity contribution is 0.0822. The van der Waals surface area contributed by atoms with E-state index in [4.69, 9.17) is 9.16 Å². The van der Waals surface area contributed by atoms with Crippen LogP contribution in [0.1, 0.15) is 45.6 Å².